The van der Waals surface area contributed by atoms with Gasteiger partial charge >= 0.3 is 0 Å². The summed E-state index contributed by atoms with van der Waals surface area (Å²) in [5, 5.41) is 10.1. The van der Waals surface area contributed by atoms with Crippen LogP contribution in [0.15, 0.2) is 65.8 Å². The van der Waals surface area contributed by atoms with Crippen molar-refractivity contribution in [3.8, 4) is 28.7 Å². The van der Waals surface area contributed by atoms with Gasteiger partial charge in [0.2, 0.25) is 0 Å². The average Bonchev–Trinajstić information content (AvgIpc) is 3.35. The summed E-state index contributed by atoms with van der Waals surface area (Å²) in [5.74, 6) is 3.05. The van der Waals surface area contributed by atoms with Crippen LogP contribution in [0.5, 0.6) is 23.0 Å². The van der Waals surface area contributed by atoms with E-state index in [-0.39, 0.29) is 18.1 Å². The van der Waals surface area contributed by atoms with Gasteiger partial charge in [-0.3, -0.25) is 9.36 Å². The van der Waals surface area contributed by atoms with E-state index in [4.69, 9.17) is 42.1 Å². The Morgan fingerprint density at radius 2 is 1.70 bits per heavy atom. The number of thioether (sulfide) groups is 1. The first-order valence-corrected chi connectivity index (χ1v) is 13.2. The van der Waals surface area contributed by atoms with Crippen LogP contribution in [0.25, 0.3) is 5.69 Å². The van der Waals surface area contributed by atoms with E-state index in [2.05, 4.69) is 10.2 Å². The molecule has 188 valence electrons. The van der Waals surface area contributed by atoms with Crippen molar-refractivity contribution in [1.82, 2.24) is 14.8 Å². The third-order valence-corrected chi connectivity index (χ3v) is 7.28. The van der Waals surface area contributed by atoms with E-state index in [1.54, 1.807) is 18.2 Å². The summed E-state index contributed by atoms with van der Waals surface area (Å²) in [5.41, 5.74) is 1.14. The lowest BCUT2D eigenvalue weighted by Gasteiger charge is -2.26. The molecule has 37 heavy (non-hydrogen) atoms. The van der Waals surface area contributed by atoms with Gasteiger partial charge in [-0.05, 0) is 42.5 Å². The quantitative estimate of drug-likeness (QED) is 0.217. The molecule has 0 saturated carbocycles. The molecule has 11 heteroatoms. The lowest BCUT2D eigenvalue weighted by molar-refractivity contribution is 0.0835. The number of ether oxygens (including phenoxy) is 4. The van der Waals surface area contributed by atoms with Crippen LogP contribution in [0, 0.1) is 0 Å². The fraction of sp³-hybridized carbons (Fsp3) is 0.192. The van der Waals surface area contributed by atoms with Gasteiger partial charge in [0.05, 0.1) is 16.5 Å². The Hall–Kier alpha value is -3.40. The van der Waals surface area contributed by atoms with Crippen molar-refractivity contribution in [3.63, 3.8) is 0 Å². The third-order valence-electron chi connectivity index (χ3n) is 5.80. The van der Waals surface area contributed by atoms with E-state index in [0.717, 1.165) is 5.69 Å². The SMILES string of the molecule is O=C(CSc1nnc(C2COc3ccccc3O2)n1-c1ccc2c(c1)OCCO2)c1ccc(Cl)cc1Cl. The fourth-order valence-corrected chi connectivity index (χ4v) is 5.42. The predicted molar refractivity (Wildman–Crippen MR) is 139 cm³/mol. The minimum atomic E-state index is -0.522. The highest BCUT2D eigenvalue weighted by Gasteiger charge is 2.30. The molecule has 2 aliphatic heterocycles. The van der Waals surface area contributed by atoms with Gasteiger partial charge in [-0.2, -0.15) is 0 Å². The van der Waals surface area contributed by atoms with Gasteiger partial charge in [0.15, 0.2) is 45.9 Å². The molecule has 8 nitrogen and oxygen atoms in total. The second-order valence-corrected chi connectivity index (χ2v) is 9.99. The number of para-hydroxylation sites is 2. The average molecular weight is 556 g/mol. The number of hydrogen-bond donors (Lipinski definition) is 0. The monoisotopic (exact) mass is 555 g/mol. The molecule has 3 heterocycles. The molecule has 6 rings (SSSR count). The number of carbonyl (C=O) groups excluding carboxylic acids is 1. The fourth-order valence-electron chi connectivity index (χ4n) is 4.07. The minimum Gasteiger partial charge on any atom is -0.486 e. The van der Waals surface area contributed by atoms with Gasteiger partial charge in [0, 0.05) is 16.7 Å². The summed E-state index contributed by atoms with van der Waals surface area (Å²) in [6, 6.07) is 17.9. The second-order valence-electron chi connectivity index (χ2n) is 8.20. The Labute approximate surface area is 226 Å². The van der Waals surface area contributed by atoms with Crippen molar-refractivity contribution in [2.24, 2.45) is 0 Å². The van der Waals surface area contributed by atoms with Crippen LogP contribution in [0.4, 0.5) is 0 Å². The zero-order chi connectivity index (χ0) is 25.4. The maximum atomic E-state index is 12.9. The first-order valence-electron chi connectivity index (χ1n) is 11.4. The zero-order valence-electron chi connectivity index (χ0n) is 19.2. The molecule has 0 amide bonds. The highest BCUT2D eigenvalue weighted by Crippen LogP contribution is 2.39. The van der Waals surface area contributed by atoms with E-state index in [9.17, 15) is 4.79 Å². The standard InChI is InChI=1S/C26H19Cl2N3O5S/c27-15-5-7-17(18(28)11-15)19(32)14-37-26-30-29-25(24-13-35-20-3-1-2-4-22(20)36-24)31(26)16-6-8-21-23(12-16)34-10-9-33-21/h1-8,11-12,24H,9-10,13-14H2. The van der Waals surface area contributed by atoms with Crippen molar-refractivity contribution in [1.29, 1.82) is 0 Å². The Kier molecular flexibility index (Phi) is 6.58. The van der Waals surface area contributed by atoms with Crippen LogP contribution in [0.1, 0.15) is 22.3 Å². The summed E-state index contributed by atoms with van der Waals surface area (Å²) in [7, 11) is 0. The summed E-state index contributed by atoms with van der Waals surface area (Å²) in [6.07, 6.45) is -0.522. The molecule has 4 aromatic rings. The number of rotatable bonds is 6. The number of benzene rings is 3. The van der Waals surface area contributed by atoms with E-state index in [1.807, 2.05) is 47.0 Å². The Balaban J connectivity index is 1.34. The van der Waals surface area contributed by atoms with Crippen LogP contribution in [-0.2, 0) is 0 Å². The summed E-state index contributed by atoms with van der Waals surface area (Å²) < 4.78 is 25.5. The van der Waals surface area contributed by atoms with Gasteiger partial charge in [-0.1, -0.05) is 47.1 Å². The Morgan fingerprint density at radius 3 is 2.54 bits per heavy atom. The number of fused-ring (bicyclic) bond motifs is 2. The van der Waals surface area contributed by atoms with E-state index < -0.39 is 6.10 Å². The van der Waals surface area contributed by atoms with Gasteiger partial charge < -0.3 is 18.9 Å². The van der Waals surface area contributed by atoms with E-state index >= 15 is 0 Å². The van der Waals surface area contributed by atoms with Crippen LogP contribution < -0.4 is 18.9 Å². The summed E-state index contributed by atoms with van der Waals surface area (Å²) in [6.45, 7) is 1.21. The number of Topliss-reactive ketones (excluding diaryl/α,β-unsaturated/α-hetero) is 1. The van der Waals surface area contributed by atoms with Gasteiger partial charge in [-0.15, -0.1) is 10.2 Å². The van der Waals surface area contributed by atoms with Crippen molar-refractivity contribution < 1.29 is 23.7 Å². The highest BCUT2D eigenvalue weighted by molar-refractivity contribution is 7.99. The van der Waals surface area contributed by atoms with Gasteiger partial charge in [0.25, 0.3) is 0 Å². The lowest BCUT2D eigenvalue weighted by Crippen LogP contribution is -2.24. The number of carbonyl (C=O) groups is 1. The molecule has 1 atom stereocenters. The summed E-state index contributed by atoms with van der Waals surface area (Å²) >= 11 is 13.5. The molecule has 0 spiro atoms. The van der Waals surface area contributed by atoms with Crippen molar-refractivity contribution >= 4 is 40.7 Å². The number of aromatic nitrogens is 3. The number of halogens is 2. The molecular formula is C26H19Cl2N3O5S. The highest BCUT2D eigenvalue weighted by atomic mass is 35.5. The normalized spacial score (nSPS) is 15.9. The number of hydrogen-bond acceptors (Lipinski definition) is 8. The molecule has 2 aliphatic rings. The minimum absolute atomic E-state index is 0.0922. The van der Waals surface area contributed by atoms with Crippen molar-refractivity contribution in [2.45, 2.75) is 11.3 Å². The second kappa shape index (κ2) is 10.2. The number of ketones is 1. The molecule has 0 fully saturated rings. The molecular weight excluding hydrogens is 537 g/mol. The molecule has 0 N–H and O–H groups in total. The predicted octanol–water partition coefficient (Wildman–Crippen LogP) is 5.83. The van der Waals surface area contributed by atoms with E-state index in [1.165, 1.54) is 11.8 Å². The largest absolute Gasteiger partial charge is 0.486 e. The maximum Gasteiger partial charge on any atom is 0.196 e. The van der Waals surface area contributed by atoms with Gasteiger partial charge in [0.1, 0.15) is 19.8 Å². The molecule has 0 aliphatic carbocycles. The molecule has 0 saturated heterocycles. The van der Waals surface area contributed by atoms with Crippen molar-refractivity contribution in [2.75, 3.05) is 25.6 Å². The molecule has 0 radical (unpaired) electrons. The van der Waals surface area contributed by atoms with Crippen LogP contribution >= 0.6 is 35.0 Å². The zero-order valence-corrected chi connectivity index (χ0v) is 21.6. The molecule has 0 bridgehead atoms. The van der Waals surface area contributed by atoms with E-state index in [0.29, 0.717) is 62.8 Å². The Bertz CT molecular complexity index is 1500. The maximum absolute atomic E-state index is 12.9. The molecule has 3 aromatic carbocycles. The summed E-state index contributed by atoms with van der Waals surface area (Å²) in [4.78, 5) is 12.9. The van der Waals surface area contributed by atoms with Crippen molar-refractivity contribution in [3.05, 3.63) is 82.1 Å². The van der Waals surface area contributed by atoms with Crippen LogP contribution in [0.3, 0.4) is 0 Å². The van der Waals surface area contributed by atoms with Crippen LogP contribution in [-0.4, -0.2) is 46.1 Å². The first kappa shape index (κ1) is 24.0. The Morgan fingerprint density at radius 1 is 0.919 bits per heavy atom. The van der Waals surface area contributed by atoms with Crippen LogP contribution in [0.2, 0.25) is 10.0 Å². The smallest absolute Gasteiger partial charge is 0.196 e. The topological polar surface area (TPSA) is 84.7 Å². The van der Waals surface area contributed by atoms with Gasteiger partial charge in [-0.25, -0.2) is 0 Å². The lowest BCUT2D eigenvalue weighted by atomic mass is 10.1. The number of nitrogens with zero attached hydrogens (tertiary/aromatic N) is 3. The third kappa shape index (κ3) is 4.82. The molecule has 1 unspecified atom stereocenters. The first-order chi connectivity index (χ1) is 18.1. The molecule has 1 aromatic heterocycles.